The lowest BCUT2D eigenvalue weighted by atomic mass is 10.1. The smallest absolute Gasteiger partial charge is 0.194 e. The lowest BCUT2D eigenvalue weighted by molar-refractivity contribution is 0.353. The highest BCUT2D eigenvalue weighted by Crippen LogP contribution is 2.24. The number of para-hydroxylation sites is 1. The molecule has 8 heteroatoms. The Hall–Kier alpha value is -1.29. The number of guanidine groups is 1. The summed E-state index contributed by atoms with van der Waals surface area (Å²) < 4.78 is 23.8. The fourth-order valence-electron chi connectivity index (χ4n) is 3.68. The molecule has 1 aliphatic rings. The standard InChI is InChI=1S/C20H30N4O2S.HI/c1-5-21-19(24-12-13-27(25,26)20(3,4)14-24)22-11-10-16-15(2)23-18-9-7-6-8-17(16)18;/h6-9,23H,5,10-14H2,1-4H3,(H,21,22);1H. The Morgan fingerprint density at radius 2 is 2.04 bits per heavy atom. The quantitative estimate of drug-likeness (QED) is 0.371. The molecule has 2 heterocycles. The first kappa shape index (κ1) is 23.0. The molecular formula is C20H31IN4O2S. The molecule has 156 valence electrons. The second-order valence-electron chi connectivity index (χ2n) is 7.76. The minimum absolute atomic E-state index is 0. The van der Waals surface area contributed by atoms with Gasteiger partial charge in [-0.05, 0) is 45.7 Å². The van der Waals surface area contributed by atoms with Crippen LogP contribution in [0.1, 0.15) is 32.0 Å². The Kier molecular flexibility index (Phi) is 7.41. The topological polar surface area (TPSA) is 77.6 Å². The van der Waals surface area contributed by atoms with E-state index in [9.17, 15) is 8.42 Å². The summed E-state index contributed by atoms with van der Waals surface area (Å²) in [6.07, 6.45) is 0.847. The Balaban J connectivity index is 0.00000280. The number of nitrogens with zero attached hydrogens (tertiary/aromatic N) is 2. The number of rotatable bonds is 4. The molecule has 0 atom stereocenters. The predicted molar refractivity (Wildman–Crippen MR) is 128 cm³/mol. The Morgan fingerprint density at radius 3 is 2.71 bits per heavy atom. The molecule has 0 spiro atoms. The van der Waals surface area contributed by atoms with Crippen molar-refractivity contribution >= 4 is 50.7 Å². The van der Waals surface area contributed by atoms with Crippen molar-refractivity contribution < 1.29 is 8.42 Å². The number of aliphatic imine (C=N–C) groups is 1. The van der Waals surface area contributed by atoms with Gasteiger partial charge in [0.1, 0.15) is 0 Å². The summed E-state index contributed by atoms with van der Waals surface area (Å²) in [7, 11) is -3.06. The van der Waals surface area contributed by atoms with Gasteiger partial charge in [0.2, 0.25) is 0 Å². The lowest BCUT2D eigenvalue weighted by Crippen LogP contribution is -2.57. The first-order valence-corrected chi connectivity index (χ1v) is 11.2. The summed E-state index contributed by atoms with van der Waals surface area (Å²) in [5.41, 5.74) is 3.64. The molecule has 0 bridgehead atoms. The summed E-state index contributed by atoms with van der Waals surface area (Å²) in [6, 6.07) is 8.33. The second-order valence-corrected chi connectivity index (χ2v) is 10.5. The van der Waals surface area contributed by atoms with Crippen molar-refractivity contribution in [3.05, 3.63) is 35.5 Å². The number of H-pyrrole nitrogens is 1. The van der Waals surface area contributed by atoms with Crippen LogP contribution in [0.4, 0.5) is 0 Å². The van der Waals surface area contributed by atoms with Gasteiger partial charge in [-0.2, -0.15) is 0 Å². The van der Waals surface area contributed by atoms with Crippen molar-refractivity contribution in [2.75, 3.05) is 31.9 Å². The Morgan fingerprint density at radius 1 is 1.32 bits per heavy atom. The van der Waals surface area contributed by atoms with Crippen LogP contribution in [0.5, 0.6) is 0 Å². The van der Waals surface area contributed by atoms with Gasteiger partial charge < -0.3 is 15.2 Å². The molecule has 3 rings (SSSR count). The third-order valence-electron chi connectivity index (χ3n) is 5.33. The number of hydrogen-bond acceptors (Lipinski definition) is 3. The van der Waals surface area contributed by atoms with E-state index in [1.165, 1.54) is 16.6 Å². The van der Waals surface area contributed by atoms with Gasteiger partial charge in [-0.25, -0.2) is 8.42 Å². The number of nitrogens with one attached hydrogen (secondary N) is 2. The molecule has 1 aromatic carbocycles. The molecule has 2 aromatic rings. The summed E-state index contributed by atoms with van der Waals surface area (Å²) in [5, 5.41) is 4.57. The van der Waals surface area contributed by atoms with E-state index in [0.717, 1.165) is 24.4 Å². The van der Waals surface area contributed by atoms with E-state index >= 15 is 0 Å². The highest BCUT2D eigenvalue weighted by Gasteiger charge is 2.40. The molecule has 28 heavy (non-hydrogen) atoms. The largest absolute Gasteiger partial charge is 0.358 e. The van der Waals surface area contributed by atoms with Gasteiger partial charge in [0.05, 0.1) is 10.5 Å². The maximum absolute atomic E-state index is 12.3. The average Bonchev–Trinajstić information content (AvgIpc) is 2.92. The number of aryl methyl sites for hydroxylation is 1. The van der Waals surface area contributed by atoms with Crippen molar-refractivity contribution in [3.63, 3.8) is 0 Å². The highest BCUT2D eigenvalue weighted by molar-refractivity contribution is 14.0. The zero-order valence-corrected chi connectivity index (χ0v) is 20.2. The molecular weight excluding hydrogens is 487 g/mol. The fourth-order valence-corrected chi connectivity index (χ4v) is 5.05. The second kappa shape index (κ2) is 9.02. The zero-order valence-electron chi connectivity index (χ0n) is 17.1. The molecule has 0 saturated carbocycles. The van der Waals surface area contributed by atoms with Gasteiger partial charge >= 0.3 is 0 Å². The van der Waals surface area contributed by atoms with Gasteiger partial charge in [0.15, 0.2) is 15.8 Å². The number of fused-ring (bicyclic) bond motifs is 1. The number of hydrogen-bond donors (Lipinski definition) is 2. The van der Waals surface area contributed by atoms with Crippen LogP contribution in [-0.2, 0) is 16.3 Å². The van der Waals surface area contributed by atoms with E-state index in [0.29, 0.717) is 19.6 Å². The van der Waals surface area contributed by atoms with E-state index in [1.807, 2.05) is 13.0 Å². The third-order valence-corrected chi connectivity index (χ3v) is 7.86. The van der Waals surface area contributed by atoms with Crippen LogP contribution in [0.2, 0.25) is 0 Å². The highest BCUT2D eigenvalue weighted by atomic mass is 127. The normalized spacial score (nSPS) is 18.7. The first-order valence-electron chi connectivity index (χ1n) is 9.57. The molecule has 1 fully saturated rings. The van der Waals surface area contributed by atoms with E-state index in [-0.39, 0.29) is 29.7 Å². The van der Waals surface area contributed by atoms with Gasteiger partial charge in [-0.3, -0.25) is 4.99 Å². The van der Waals surface area contributed by atoms with Crippen LogP contribution in [0.3, 0.4) is 0 Å². The molecule has 2 N–H and O–H groups in total. The van der Waals surface area contributed by atoms with Crippen LogP contribution < -0.4 is 5.32 Å². The monoisotopic (exact) mass is 518 g/mol. The van der Waals surface area contributed by atoms with Gasteiger partial charge in [0, 0.05) is 42.8 Å². The molecule has 0 radical (unpaired) electrons. The minimum Gasteiger partial charge on any atom is -0.358 e. The first-order chi connectivity index (χ1) is 12.7. The fraction of sp³-hybridized carbons (Fsp3) is 0.550. The van der Waals surface area contributed by atoms with Crippen LogP contribution >= 0.6 is 24.0 Å². The van der Waals surface area contributed by atoms with Gasteiger partial charge in [-0.1, -0.05) is 18.2 Å². The lowest BCUT2D eigenvalue weighted by Gasteiger charge is -2.39. The number of benzene rings is 1. The van der Waals surface area contributed by atoms with Crippen molar-refractivity contribution in [1.82, 2.24) is 15.2 Å². The summed E-state index contributed by atoms with van der Waals surface area (Å²) in [6.45, 7) is 10.1. The summed E-state index contributed by atoms with van der Waals surface area (Å²) in [5.74, 6) is 0.976. The van der Waals surface area contributed by atoms with E-state index in [1.54, 1.807) is 13.8 Å². The van der Waals surface area contributed by atoms with Crippen LogP contribution in [-0.4, -0.2) is 60.9 Å². The van der Waals surface area contributed by atoms with Crippen molar-refractivity contribution in [2.24, 2.45) is 4.99 Å². The zero-order chi connectivity index (χ0) is 19.7. The molecule has 0 unspecified atom stereocenters. The maximum Gasteiger partial charge on any atom is 0.194 e. The van der Waals surface area contributed by atoms with E-state index in [2.05, 4.69) is 40.3 Å². The minimum atomic E-state index is -3.06. The predicted octanol–water partition coefficient (Wildman–Crippen LogP) is 3.11. The van der Waals surface area contributed by atoms with E-state index in [4.69, 9.17) is 4.99 Å². The van der Waals surface area contributed by atoms with Crippen LogP contribution in [0.15, 0.2) is 29.3 Å². The van der Waals surface area contributed by atoms with E-state index < -0.39 is 14.6 Å². The average molecular weight is 518 g/mol. The Bertz CT molecular complexity index is 950. The summed E-state index contributed by atoms with van der Waals surface area (Å²) in [4.78, 5) is 10.3. The van der Waals surface area contributed by atoms with Crippen molar-refractivity contribution in [1.29, 1.82) is 0 Å². The SMILES string of the molecule is CCNC(=NCCc1c(C)[nH]c2ccccc12)N1CCS(=O)(=O)C(C)(C)C1.I. The number of halogens is 1. The maximum atomic E-state index is 12.3. The molecule has 1 saturated heterocycles. The third kappa shape index (κ3) is 4.64. The van der Waals surface area contributed by atoms with Gasteiger partial charge in [-0.15, -0.1) is 24.0 Å². The number of aromatic nitrogens is 1. The van der Waals surface area contributed by atoms with Gasteiger partial charge in [0.25, 0.3) is 0 Å². The number of aromatic amines is 1. The van der Waals surface area contributed by atoms with Crippen LogP contribution in [0.25, 0.3) is 10.9 Å². The molecule has 1 aromatic heterocycles. The van der Waals surface area contributed by atoms with Crippen LogP contribution in [0, 0.1) is 6.92 Å². The molecule has 0 amide bonds. The summed E-state index contributed by atoms with van der Waals surface area (Å²) >= 11 is 0. The molecule has 6 nitrogen and oxygen atoms in total. The Labute approximate surface area is 185 Å². The molecule has 0 aliphatic carbocycles. The number of sulfone groups is 1. The van der Waals surface area contributed by atoms with Crippen molar-refractivity contribution in [2.45, 2.75) is 38.9 Å². The molecule has 1 aliphatic heterocycles. The van der Waals surface area contributed by atoms with Crippen molar-refractivity contribution in [3.8, 4) is 0 Å².